The molecule has 0 aromatic carbocycles. The molecular weight excluding hydrogens is 126 g/mol. The van der Waals surface area contributed by atoms with E-state index in [9.17, 15) is 0 Å². The van der Waals surface area contributed by atoms with Crippen molar-refractivity contribution in [1.82, 2.24) is 0 Å². The van der Waals surface area contributed by atoms with E-state index >= 15 is 0 Å². The Hall–Kier alpha value is -0.770. The normalized spacial score (nSPS) is 8.00. The summed E-state index contributed by atoms with van der Waals surface area (Å²) in [6, 6.07) is 0. The Morgan fingerprint density at radius 1 is 1.12 bits per heavy atom. The second-order valence-electron chi connectivity index (χ2n) is 1.65. The fraction of sp³-hybridized carbons (Fsp3) is 0.500. The van der Waals surface area contributed by atoms with E-state index in [-0.39, 0.29) is 16.9 Å². The molecular formula is C4H6ClN3. The van der Waals surface area contributed by atoms with Crippen LogP contribution in [0.4, 0.5) is 0 Å². The van der Waals surface area contributed by atoms with Gasteiger partial charge in [0.15, 0.2) is 0 Å². The topological polar surface area (TPSA) is 47.6 Å². The van der Waals surface area contributed by atoms with E-state index in [1.54, 1.807) is 12.4 Å². The molecule has 4 heteroatoms. The summed E-state index contributed by atoms with van der Waals surface area (Å²) >= 11 is 0. The highest BCUT2D eigenvalue weighted by Gasteiger charge is 2.10. The third-order valence-electron chi connectivity index (χ3n) is 0.500. The molecule has 0 amide bonds. The average molecular weight is 132 g/mol. The van der Waals surface area contributed by atoms with Crippen molar-refractivity contribution in [3.63, 3.8) is 0 Å². The van der Waals surface area contributed by atoms with Crippen LogP contribution in [0.5, 0.6) is 0 Å². The largest absolute Gasteiger partial charge is 1.00 e. The molecule has 0 atom stereocenters. The molecule has 0 rings (SSSR count). The molecule has 0 unspecified atom stereocenters. The van der Waals surface area contributed by atoms with Gasteiger partial charge in [0.2, 0.25) is 0 Å². The molecule has 0 heterocycles. The van der Waals surface area contributed by atoms with Gasteiger partial charge in [-0.1, -0.05) is 0 Å². The second kappa shape index (κ2) is 3.26. The molecule has 0 aliphatic rings. The van der Waals surface area contributed by atoms with Crippen molar-refractivity contribution < 1.29 is 16.9 Å². The summed E-state index contributed by atoms with van der Waals surface area (Å²) in [6.45, 7) is 0. The van der Waals surface area contributed by atoms with Gasteiger partial charge in [-0.2, -0.15) is 0 Å². The molecule has 0 spiro atoms. The fourth-order valence-corrected chi connectivity index (χ4v) is 0.0224. The molecule has 0 aromatic heterocycles. The number of halogens is 1. The van der Waals surface area contributed by atoms with Crippen molar-refractivity contribution in [3.05, 3.63) is 0 Å². The summed E-state index contributed by atoms with van der Waals surface area (Å²) in [4.78, 5) is 0. The van der Waals surface area contributed by atoms with Crippen molar-refractivity contribution in [2.24, 2.45) is 0 Å². The van der Waals surface area contributed by atoms with Crippen LogP contribution in [0.25, 0.3) is 0 Å². The minimum atomic E-state index is -0.250. The zero-order valence-corrected chi connectivity index (χ0v) is 5.48. The lowest BCUT2D eigenvalue weighted by atomic mass is 10.7. The van der Waals surface area contributed by atoms with Crippen LogP contribution in [0, 0.1) is 22.9 Å². The van der Waals surface area contributed by atoms with E-state index in [1.165, 1.54) is 14.1 Å². The van der Waals surface area contributed by atoms with E-state index in [0.29, 0.717) is 0 Å². The minimum Gasteiger partial charge on any atom is -1.00 e. The molecule has 0 aromatic rings. The van der Waals surface area contributed by atoms with Crippen LogP contribution >= 0.6 is 0 Å². The Kier molecular flexibility index (Phi) is 4.18. The highest BCUT2D eigenvalue weighted by molar-refractivity contribution is 4.62. The van der Waals surface area contributed by atoms with Crippen molar-refractivity contribution in [2.45, 2.75) is 0 Å². The Morgan fingerprint density at radius 3 is 1.38 bits per heavy atom. The van der Waals surface area contributed by atoms with Crippen molar-refractivity contribution in [3.8, 4) is 12.4 Å². The first kappa shape index (κ1) is 10.3. The number of rotatable bonds is 0. The van der Waals surface area contributed by atoms with E-state index in [0.717, 1.165) is 0 Å². The highest BCUT2D eigenvalue weighted by Crippen LogP contribution is 1.85. The highest BCUT2D eigenvalue weighted by atomic mass is 35.5. The van der Waals surface area contributed by atoms with Gasteiger partial charge >= 0.3 is 12.4 Å². The monoisotopic (exact) mass is 131 g/mol. The van der Waals surface area contributed by atoms with Gasteiger partial charge in [-0.3, -0.25) is 0 Å². The number of hydrogen-bond donors (Lipinski definition) is 0. The van der Waals surface area contributed by atoms with Crippen molar-refractivity contribution >= 4 is 0 Å². The summed E-state index contributed by atoms with van der Waals surface area (Å²) < 4.78 is -0.250. The van der Waals surface area contributed by atoms with Crippen molar-refractivity contribution in [2.75, 3.05) is 14.1 Å². The van der Waals surface area contributed by atoms with Gasteiger partial charge in [0.05, 0.1) is 14.1 Å². The lowest BCUT2D eigenvalue weighted by Crippen LogP contribution is -3.00. The maximum atomic E-state index is 8.09. The summed E-state index contributed by atoms with van der Waals surface area (Å²) in [5.74, 6) is 0. The molecule has 0 bridgehead atoms. The molecule has 0 N–H and O–H groups in total. The van der Waals surface area contributed by atoms with E-state index in [2.05, 4.69) is 0 Å². The zero-order chi connectivity index (χ0) is 5.91. The van der Waals surface area contributed by atoms with Crippen LogP contribution in [0.15, 0.2) is 0 Å². The molecule has 0 saturated carbocycles. The SMILES string of the molecule is C[N+](C)(C#N)C#N.[Cl-]. The number of nitriles is 2. The third kappa shape index (κ3) is 3.42. The number of hydrogen-bond acceptors (Lipinski definition) is 2. The van der Waals surface area contributed by atoms with Crippen LogP contribution < -0.4 is 12.4 Å². The molecule has 8 heavy (non-hydrogen) atoms. The first-order valence-corrected chi connectivity index (χ1v) is 1.79. The molecule has 0 fully saturated rings. The average Bonchev–Trinajstić information content (AvgIpc) is 1.68. The van der Waals surface area contributed by atoms with Gasteiger partial charge in [-0.15, -0.1) is 15.0 Å². The van der Waals surface area contributed by atoms with Gasteiger partial charge in [0, 0.05) is 0 Å². The van der Waals surface area contributed by atoms with Gasteiger partial charge in [-0.05, 0) is 0 Å². The number of nitrogens with zero attached hydrogens (tertiary/aromatic N) is 3. The first-order valence-electron chi connectivity index (χ1n) is 1.79. The van der Waals surface area contributed by atoms with Gasteiger partial charge < -0.3 is 12.4 Å². The predicted octanol–water partition coefficient (Wildman–Crippen LogP) is -2.97. The zero-order valence-electron chi connectivity index (χ0n) is 4.72. The molecule has 0 aliphatic heterocycles. The maximum Gasteiger partial charge on any atom is 0.324 e. The Morgan fingerprint density at radius 2 is 1.38 bits per heavy atom. The molecule has 44 valence electrons. The number of quaternary nitrogens is 1. The minimum absolute atomic E-state index is 0. The molecule has 0 radical (unpaired) electrons. The molecule has 0 saturated heterocycles. The van der Waals surface area contributed by atoms with Crippen molar-refractivity contribution in [1.29, 1.82) is 10.5 Å². The van der Waals surface area contributed by atoms with Gasteiger partial charge in [0.25, 0.3) is 0 Å². The van der Waals surface area contributed by atoms with E-state index in [4.69, 9.17) is 10.5 Å². The van der Waals surface area contributed by atoms with E-state index < -0.39 is 0 Å². The summed E-state index contributed by atoms with van der Waals surface area (Å²) in [6.07, 6.45) is 3.53. The molecule has 0 aliphatic carbocycles. The van der Waals surface area contributed by atoms with Crippen LogP contribution in [0.3, 0.4) is 0 Å². The first-order chi connectivity index (χ1) is 3.12. The maximum absolute atomic E-state index is 8.09. The quantitative estimate of drug-likeness (QED) is 0.260. The smallest absolute Gasteiger partial charge is 0.324 e. The van der Waals surface area contributed by atoms with E-state index in [1.807, 2.05) is 0 Å². The fourth-order valence-electron chi connectivity index (χ4n) is 0.0224. The van der Waals surface area contributed by atoms with Gasteiger partial charge in [-0.25, -0.2) is 0 Å². The second-order valence-corrected chi connectivity index (χ2v) is 1.65. The van der Waals surface area contributed by atoms with Crippen LogP contribution in [-0.4, -0.2) is 18.6 Å². The lowest BCUT2D eigenvalue weighted by Gasteiger charge is -2.01. The Labute approximate surface area is 54.7 Å². The molecule has 3 nitrogen and oxygen atoms in total. The summed E-state index contributed by atoms with van der Waals surface area (Å²) in [7, 11) is 3.03. The van der Waals surface area contributed by atoms with Crippen LogP contribution in [-0.2, 0) is 0 Å². The summed E-state index contributed by atoms with van der Waals surface area (Å²) in [5.41, 5.74) is 0. The predicted molar refractivity (Wildman–Crippen MR) is 23.3 cm³/mol. The third-order valence-corrected chi connectivity index (χ3v) is 0.500. The van der Waals surface area contributed by atoms with Crippen LogP contribution in [0.2, 0.25) is 0 Å². The standard InChI is InChI=1S/C4H6N3.ClH/c1-7(2,3-5)4-6;/h1-2H3;1H/q+1;/p-1. The lowest BCUT2D eigenvalue weighted by molar-refractivity contribution is -0.753. The summed E-state index contributed by atoms with van der Waals surface area (Å²) in [5, 5.41) is 16.2. The Balaban J connectivity index is 0. The Bertz CT molecular complexity index is 122. The van der Waals surface area contributed by atoms with Gasteiger partial charge in [0.1, 0.15) is 0 Å². The van der Waals surface area contributed by atoms with Crippen LogP contribution in [0.1, 0.15) is 0 Å².